The Balaban J connectivity index is 3.20. The fourth-order valence-electron chi connectivity index (χ4n) is 1.16. The molecule has 0 fully saturated rings. The molecule has 15 heavy (non-hydrogen) atoms. The summed E-state index contributed by atoms with van der Waals surface area (Å²) in [6.45, 7) is 0. The Morgan fingerprint density at radius 3 is 2.20 bits per heavy atom. The molecular weight excluding hydrogens is 196 g/mol. The van der Waals surface area contributed by atoms with Crippen LogP contribution >= 0.6 is 0 Å². The molecule has 1 aromatic carbocycles. The number of carboxylic acid groups (broad SMARTS) is 1. The van der Waals surface area contributed by atoms with Crippen molar-refractivity contribution in [3.63, 3.8) is 0 Å². The highest BCUT2D eigenvalue weighted by molar-refractivity contribution is 5.98. The number of amides is 1. The lowest BCUT2D eigenvalue weighted by atomic mass is 10.1. The van der Waals surface area contributed by atoms with Crippen molar-refractivity contribution in [1.29, 1.82) is 0 Å². The van der Waals surface area contributed by atoms with Crippen LogP contribution in [0.15, 0.2) is 18.2 Å². The Morgan fingerprint density at radius 1 is 1.20 bits per heavy atom. The van der Waals surface area contributed by atoms with E-state index in [-0.39, 0.29) is 22.7 Å². The van der Waals surface area contributed by atoms with Crippen molar-refractivity contribution < 1.29 is 14.7 Å². The lowest BCUT2D eigenvalue weighted by Gasteiger charge is -2.11. The van der Waals surface area contributed by atoms with Crippen molar-refractivity contribution in [3.8, 4) is 0 Å². The number of anilines is 1. The summed E-state index contributed by atoms with van der Waals surface area (Å²) in [6.07, 6.45) is 0. The highest BCUT2D eigenvalue weighted by Crippen LogP contribution is 2.13. The van der Waals surface area contributed by atoms with Crippen molar-refractivity contribution in [2.45, 2.75) is 0 Å². The molecule has 5 heteroatoms. The number of carbonyl (C=O) groups is 2. The predicted molar refractivity (Wildman–Crippen MR) is 55.8 cm³/mol. The van der Waals surface area contributed by atoms with Gasteiger partial charge >= 0.3 is 5.97 Å². The Hall–Kier alpha value is -2.04. The number of benzene rings is 1. The van der Waals surface area contributed by atoms with Crippen molar-refractivity contribution in [3.05, 3.63) is 29.3 Å². The second-order valence-electron chi connectivity index (χ2n) is 3.35. The maximum Gasteiger partial charge on any atom is 0.335 e. The minimum Gasteiger partial charge on any atom is -0.478 e. The maximum absolute atomic E-state index is 11.5. The standard InChI is InChI=1S/C10H12N2O3/c1-12(2)9(13)6-3-7(10(14)15)5-8(11)4-6/h3-5H,11H2,1-2H3,(H,14,15). The summed E-state index contributed by atoms with van der Waals surface area (Å²) in [6, 6.07) is 4.07. The van der Waals surface area contributed by atoms with Gasteiger partial charge in [-0.2, -0.15) is 0 Å². The number of hydrogen-bond donors (Lipinski definition) is 2. The highest BCUT2D eigenvalue weighted by Gasteiger charge is 2.12. The summed E-state index contributed by atoms with van der Waals surface area (Å²) >= 11 is 0. The quantitative estimate of drug-likeness (QED) is 0.699. The van der Waals surface area contributed by atoms with E-state index >= 15 is 0 Å². The molecule has 0 aromatic heterocycles. The topological polar surface area (TPSA) is 83.6 Å². The third kappa shape index (κ3) is 2.46. The number of carbonyl (C=O) groups excluding carboxylic acids is 1. The minimum absolute atomic E-state index is 0.0141. The van der Waals surface area contributed by atoms with Gasteiger partial charge in [0, 0.05) is 25.3 Å². The second kappa shape index (κ2) is 4.00. The van der Waals surface area contributed by atoms with Gasteiger partial charge in [0.05, 0.1) is 5.56 Å². The van der Waals surface area contributed by atoms with Crippen LogP contribution in [0.3, 0.4) is 0 Å². The second-order valence-corrected chi connectivity index (χ2v) is 3.35. The summed E-state index contributed by atoms with van der Waals surface area (Å²) in [5, 5.41) is 8.77. The van der Waals surface area contributed by atoms with E-state index in [1.54, 1.807) is 14.1 Å². The van der Waals surface area contributed by atoms with Gasteiger partial charge in [0.15, 0.2) is 0 Å². The molecule has 0 saturated carbocycles. The first-order chi connectivity index (χ1) is 6.91. The van der Waals surface area contributed by atoms with Crippen molar-refractivity contribution in [1.82, 2.24) is 4.90 Å². The summed E-state index contributed by atoms with van der Waals surface area (Å²) in [7, 11) is 3.18. The molecule has 0 aliphatic heterocycles. The van der Waals surface area contributed by atoms with E-state index in [9.17, 15) is 9.59 Å². The van der Waals surface area contributed by atoms with Crippen LogP contribution in [0, 0.1) is 0 Å². The third-order valence-electron chi connectivity index (χ3n) is 1.86. The zero-order chi connectivity index (χ0) is 11.6. The van der Waals surface area contributed by atoms with Crippen LogP contribution in [0.2, 0.25) is 0 Å². The molecule has 0 spiro atoms. The lowest BCUT2D eigenvalue weighted by Crippen LogP contribution is -2.22. The molecule has 1 amide bonds. The van der Waals surface area contributed by atoms with Gasteiger partial charge in [0.25, 0.3) is 5.91 Å². The van der Waals surface area contributed by atoms with E-state index in [2.05, 4.69) is 0 Å². The van der Waals surface area contributed by atoms with Crippen LogP contribution in [0.4, 0.5) is 5.69 Å². The van der Waals surface area contributed by atoms with E-state index in [0.29, 0.717) is 0 Å². The Labute approximate surface area is 87.1 Å². The van der Waals surface area contributed by atoms with Gasteiger partial charge in [-0.15, -0.1) is 0 Å². The molecule has 0 saturated heterocycles. The van der Waals surface area contributed by atoms with Crippen LogP contribution in [-0.2, 0) is 0 Å². The van der Waals surface area contributed by atoms with Gasteiger partial charge in [-0.05, 0) is 18.2 Å². The van der Waals surface area contributed by atoms with Crippen LogP contribution in [0.5, 0.6) is 0 Å². The molecule has 0 heterocycles. The van der Waals surface area contributed by atoms with Crippen molar-refractivity contribution in [2.24, 2.45) is 0 Å². The van der Waals surface area contributed by atoms with Gasteiger partial charge < -0.3 is 15.7 Å². The third-order valence-corrected chi connectivity index (χ3v) is 1.86. The minimum atomic E-state index is -1.10. The first kappa shape index (κ1) is 11.0. The molecule has 3 N–H and O–H groups in total. The summed E-state index contributed by atoms with van der Waals surface area (Å²) < 4.78 is 0. The normalized spacial score (nSPS) is 9.73. The summed E-state index contributed by atoms with van der Waals surface area (Å²) in [4.78, 5) is 23.6. The summed E-state index contributed by atoms with van der Waals surface area (Å²) in [5.41, 5.74) is 6.05. The van der Waals surface area contributed by atoms with Gasteiger partial charge in [-0.3, -0.25) is 4.79 Å². The molecule has 0 aliphatic carbocycles. The van der Waals surface area contributed by atoms with Crippen LogP contribution in [0.1, 0.15) is 20.7 Å². The zero-order valence-electron chi connectivity index (χ0n) is 8.52. The van der Waals surface area contributed by atoms with Crippen LogP contribution in [0.25, 0.3) is 0 Å². The number of hydrogen-bond acceptors (Lipinski definition) is 3. The van der Waals surface area contributed by atoms with Crippen LogP contribution < -0.4 is 5.73 Å². The molecule has 80 valence electrons. The van der Waals surface area contributed by atoms with Crippen LogP contribution in [-0.4, -0.2) is 36.0 Å². The number of nitrogens with zero attached hydrogens (tertiary/aromatic N) is 1. The Morgan fingerprint density at radius 2 is 1.73 bits per heavy atom. The molecule has 0 aliphatic rings. The molecular formula is C10H12N2O3. The first-order valence-corrected chi connectivity index (χ1v) is 4.27. The number of nitrogens with two attached hydrogens (primary N) is 1. The van der Waals surface area contributed by atoms with Gasteiger partial charge in [0.2, 0.25) is 0 Å². The molecule has 0 bridgehead atoms. The van der Waals surface area contributed by atoms with E-state index in [0.717, 1.165) is 0 Å². The first-order valence-electron chi connectivity index (χ1n) is 4.27. The van der Waals surface area contributed by atoms with E-state index in [1.807, 2.05) is 0 Å². The number of nitrogen functional groups attached to an aromatic ring is 1. The average Bonchev–Trinajstić information content (AvgIpc) is 2.15. The van der Waals surface area contributed by atoms with Gasteiger partial charge in [-0.25, -0.2) is 4.79 Å². The average molecular weight is 208 g/mol. The predicted octanol–water partition coefficient (Wildman–Crippen LogP) is 0.669. The number of aromatic carboxylic acids is 1. The molecule has 5 nitrogen and oxygen atoms in total. The van der Waals surface area contributed by atoms with Gasteiger partial charge in [0.1, 0.15) is 0 Å². The van der Waals surface area contributed by atoms with Crippen molar-refractivity contribution in [2.75, 3.05) is 19.8 Å². The Bertz CT molecular complexity index is 413. The SMILES string of the molecule is CN(C)C(=O)c1cc(N)cc(C(=O)O)c1. The fourth-order valence-corrected chi connectivity index (χ4v) is 1.16. The summed E-state index contributed by atoms with van der Waals surface area (Å²) in [5.74, 6) is -1.38. The van der Waals surface area contributed by atoms with E-state index < -0.39 is 5.97 Å². The monoisotopic (exact) mass is 208 g/mol. The number of carboxylic acids is 1. The van der Waals surface area contributed by atoms with E-state index in [1.165, 1.54) is 23.1 Å². The molecule has 1 rings (SSSR count). The lowest BCUT2D eigenvalue weighted by molar-refractivity contribution is 0.0697. The molecule has 0 atom stereocenters. The smallest absolute Gasteiger partial charge is 0.335 e. The maximum atomic E-state index is 11.5. The molecule has 1 aromatic rings. The number of rotatable bonds is 2. The Kier molecular flexibility index (Phi) is 2.94. The highest BCUT2D eigenvalue weighted by atomic mass is 16.4. The fraction of sp³-hybridized carbons (Fsp3) is 0.200. The van der Waals surface area contributed by atoms with Gasteiger partial charge in [-0.1, -0.05) is 0 Å². The van der Waals surface area contributed by atoms with E-state index in [4.69, 9.17) is 10.8 Å². The molecule has 0 unspecified atom stereocenters. The van der Waals surface area contributed by atoms with Crippen molar-refractivity contribution >= 4 is 17.6 Å². The molecule has 0 radical (unpaired) electrons. The zero-order valence-corrected chi connectivity index (χ0v) is 8.52. The largest absolute Gasteiger partial charge is 0.478 e.